The molecule has 1 N–H and O–H groups in total. The topological polar surface area (TPSA) is 46.2 Å². The van der Waals surface area contributed by atoms with Gasteiger partial charge in [-0.1, -0.05) is 35.8 Å². The van der Waals surface area contributed by atoms with Crippen LogP contribution in [0.25, 0.3) is 0 Å². The van der Waals surface area contributed by atoms with Crippen LogP contribution >= 0.6 is 15.9 Å². The van der Waals surface area contributed by atoms with Crippen molar-refractivity contribution in [3.8, 4) is 0 Å². The summed E-state index contributed by atoms with van der Waals surface area (Å²) in [6.07, 6.45) is -3.53. The summed E-state index contributed by atoms with van der Waals surface area (Å²) in [6.45, 7) is 3.64. The van der Waals surface area contributed by atoms with Gasteiger partial charge in [0, 0.05) is 10.9 Å². The van der Waals surface area contributed by atoms with E-state index in [-0.39, 0.29) is 4.90 Å². The van der Waals surface area contributed by atoms with Crippen molar-refractivity contribution in [2.24, 2.45) is 0 Å². The minimum atomic E-state index is -4.58. The van der Waals surface area contributed by atoms with Crippen LogP contribution in [-0.4, -0.2) is 19.3 Å². The van der Waals surface area contributed by atoms with E-state index in [2.05, 4.69) is 20.7 Å². The lowest BCUT2D eigenvalue weighted by Gasteiger charge is -2.30. The van der Waals surface area contributed by atoms with Gasteiger partial charge in [-0.2, -0.15) is 13.2 Å². The van der Waals surface area contributed by atoms with Crippen molar-refractivity contribution in [2.75, 3.05) is 5.33 Å². The zero-order chi connectivity index (χ0) is 16.3. The van der Waals surface area contributed by atoms with Crippen LogP contribution < -0.4 is 4.72 Å². The van der Waals surface area contributed by atoms with Gasteiger partial charge in [-0.3, -0.25) is 0 Å². The van der Waals surface area contributed by atoms with Crippen LogP contribution in [0, 0.1) is 0 Å². The molecule has 1 aromatic carbocycles. The Morgan fingerprint density at radius 3 is 2.19 bits per heavy atom. The summed E-state index contributed by atoms with van der Waals surface area (Å²) in [7, 11) is -4.02. The summed E-state index contributed by atoms with van der Waals surface area (Å²) in [5.41, 5.74) is -1.70. The SMILES string of the molecule is CCC(CC)(CBr)NS(=O)(=O)c1cccc(C(F)(F)F)c1. The lowest BCUT2D eigenvalue weighted by molar-refractivity contribution is -0.137. The molecule has 3 nitrogen and oxygen atoms in total. The van der Waals surface area contributed by atoms with Gasteiger partial charge in [0.25, 0.3) is 0 Å². The Kier molecular flexibility index (Phi) is 5.85. The Bertz CT molecular complexity index is 575. The van der Waals surface area contributed by atoms with E-state index in [4.69, 9.17) is 0 Å². The van der Waals surface area contributed by atoms with Gasteiger partial charge in [0.15, 0.2) is 0 Å². The Morgan fingerprint density at radius 2 is 1.76 bits per heavy atom. The number of nitrogens with one attached hydrogen (secondary N) is 1. The Hall–Kier alpha value is -0.600. The van der Waals surface area contributed by atoms with Crippen LogP contribution in [0.15, 0.2) is 29.2 Å². The normalized spacial score (nSPS) is 13.4. The summed E-state index contributed by atoms with van der Waals surface area (Å²) < 4.78 is 65.1. The zero-order valence-electron chi connectivity index (χ0n) is 11.7. The molecule has 0 saturated carbocycles. The van der Waals surface area contributed by atoms with Gasteiger partial charge in [0.05, 0.1) is 10.5 Å². The minimum absolute atomic E-state index is 0.380. The quantitative estimate of drug-likeness (QED) is 0.751. The van der Waals surface area contributed by atoms with Gasteiger partial charge in [-0.25, -0.2) is 13.1 Å². The molecule has 0 aliphatic heterocycles. The van der Waals surface area contributed by atoms with Crippen molar-refractivity contribution in [3.05, 3.63) is 29.8 Å². The summed E-state index contributed by atoms with van der Waals surface area (Å²) in [5.74, 6) is 0. The average molecular weight is 388 g/mol. The largest absolute Gasteiger partial charge is 0.416 e. The maximum absolute atomic E-state index is 12.7. The molecule has 1 rings (SSSR count). The van der Waals surface area contributed by atoms with Gasteiger partial charge in [0.1, 0.15) is 0 Å². The maximum Gasteiger partial charge on any atom is 0.416 e. The van der Waals surface area contributed by atoms with Crippen LogP contribution in [0.4, 0.5) is 13.2 Å². The smallest absolute Gasteiger partial charge is 0.207 e. The standard InChI is InChI=1S/C13H17BrF3NO2S/c1-3-12(4-2,9-14)18-21(19,20)11-7-5-6-10(8-11)13(15,16)17/h5-8,18H,3-4,9H2,1-2H3. The molecule has 0 amide bonds. The lowest BCUT2D eigenvalue weighted by Crippen LogP contribution is -2.48. The summed E-state index contributed by atoms with van der Waals surface area (Å²) in [4.78, 5) is -0.385. The molecule has 0 spiro atoms. The van der Waals surface area contributed by atoms with Crippen LogP contribution in [0.2, 0.25) is 0 Å². The fraction of sp³-hybridized carbons (Fsp3) is 0.538. The molecule has 21 heavy (non-hydrogen) atoms. The molecule has 8 heteroatoms. The van der Waals surface area contributed by atoms with E-state index >= 15 is 0 Å². The number of rotatable bonds is 6. The molecule has 1 aromatic rings. The van der Waals surface area contributed by atoms with Gasteiger partial charge < -0.3 is 0 Å². The Labute approximate surface area is 131 Å². The van der Waals surface area contributed by atoms with E-state index in [1.807, 2.05) is 13.8 Å². The van der Waals surface area contributed by atoms with Crippen molar-refractivity contribution in [2.45, 2.75) is 43.3 Å². The molecule has 0 radical (unpaired) electrons. The Balaban J connectivity index is 3.20. The third-order valence-electron chi connectivity index (χ3n) is 3.43. The number of sulfonamides is 1. The minimum Gasteiger partial charge on any atom is -0.207 e. The predicted octanol–water partition coefficient (Wildman–Crippen LogP) is 3.94. The van der Waals surface area contributed by atoms with Crippen molar-refractivity contribution >= 4 is 26.0 Å². The van der Waals surface area contributed by atoms with Crippen molar-refractivity contribution in [1.82, 2.24) is 4.72 Å². The monoisotopic (exact) mass is 387 g/mol. The van der Waals surface area contributed by atoms with Crippen LogP contribution in [-0.2, 0) is 16.2 Å². The Morgan fingerprint density at radius 1 is 1.19 bits per heavy atom. The third kappa shape index (κ3) is 4.43. The number of alkyl halides is 4. The van der Waals surface area contributed by atoms with E-state index in [0.29, 0.717) is 24.2 Å². The summed E-state index contributed by atoms with van der Waals surface area (Å²) in [6, 6.07) is 3.73. The summed E-state index contributed by atoms with van der Waals surface area (Å²) in [5, 5.41) is 0.380. The molecule has 120 valence electrons. The molecule has 0 fully saturated rings. The molecule has 0 atom stereocenters. The lowest BCUT2D eigenvalue weighted by atomic mass is 9.97. The molecule has 0 saturated heterocycles. The average Bonchev–Trinajstić information content (AvgIpc) is 2.44. The highest BCUT2D eigenvalue weighted by atomic mass is 79.9. The zero-order valence-corrected chi connectivity index (χ0v) is 14.1. The van der Waals surface area contributed by atoms with Gasteiger partial charge in [-0.05, 0) is 31.0 Å². The highest BCUT2D eigenvalue weighted by Gasteiger charge is 2.34. The first-order chi connectivity index (χ1) is 9.60. The second kappa shape index (κ2) is 6.66. The fourth-order valence-corrected chi connectivity index (χ4v) is 4.50. The van der Waals surface area contributed by atoms with Gasteiger partial charge >= 0.3 is 6.18 Å². The van der Waals surface area contributed by atoms with E-state index < -0.39 is 27.3 Å². The maximum atomic E-state index is 12.7. The molecule has 0 aromatic heterocycles. The number of hydrogen-bond acceptors (Lipinski definition) is 2. The number of hydrogen-bond donors (Lipinski definition) is 1. The van der Waals surface area contributed by atoms with E-state index in [1.54, 1.807) is 0 Å². The fourth-order valence-electron chi connectivity index (χ4n) is 1.79. The third-order valence-corrected chi connectivity index (χ3v) is 6.08. The first-order valence-electron chi connectivity index (χ1n) is 6.37. The predicted molar refractivity (Wildman–Crippen MR) is 78.9 cm³/mol. The van der Waals surface area contributed by atoms with Crippen molar-refractivity contribution in [1.29, 1.82) is 0 Å². The van der Waals surface area contributed by atoms with Crippen LogP contribution in [0.3, 0.4) is 0 Å². The van der Waals surface area contributed by atoms with Crippen molar-refractivity contribution < 1.29 is 21.6 Å². The molecule has 0 aliphatic carbocycles. The van der Waals surface area contributed by atoms with E-state index in [0.717, 1.165) is 18.2 Å². The second-order valence-corrected chi connectivity index (χ2v) is 7.00. The highest BCUT2D eigenvalue weighted by molar-refractivity contribution is 9.09. The van der Waals surface area contributed by atoms with E-state index in [9.17, 15) is 21.6 Å². The van der Waals surface area contributed by atoms with Crippen LogP contribution in [0.5, 0.6) is 0 Å². The van der Waals surface area contributed by atoms with E-state index in [1.165, 1.54) is 0 Å². The molecule has 0 unspecified atom stereocenters. The highest BCUT2D eigenvalue weighted by Crippen LogP contribution is 2.31. The molecular weight excluding hydrogens is 371 g/mol. The number of halogens is 4. The number of benzene rings is 1. The van der Waals surface area contributed by atoms with Crippen LogP contribution in [0.1, 0.15) is 32.3 Å². The van der Waals surface area contributed by atoms with Crippen molar-refractivity contribution in [3.63, 3.8) is 0 Å². The first kappa shape index (κ1) is 18.4. The molecule has 0 bridgehead atoms. The van der Waals surface area contributed by atoms with Gasteiger partial charge in [0.2, 0.25) is 10.0 Å². The molecule has 0 heterocycles. The summed E-state index contributed by atoms with van der Waals surface area (Å²) >= 11 is 3.26. The van der Waals surface area contributed by atoms with Gasteiger partial charge in [-0.15, -0.1) is 0 Å². The second-order valence-electron chi connectivity index (χ2n) is 4.75. The first-order valence-corrected chi connectivity index (χ1v) is 8.98. The molecular formula is C13H17BrF3NO2S. The molecule has 0 aliphatic rings.